The van der Waals surface area contributed by atoms with Gasteiger partial charge in [0.05, 0.1) is 27.5 Å². The first-order chi connectivity index (χ1) is 12.2. The third-order valence-electron chi connectivity index (χ3n) is 3.42. The Morgan fingerprint density at radius 2 is 1.92 bits per heavy atom. The third kappa shape index (κ3) is 3.42. The maximum absolute atomic E-state index is 5.39. The highest BCUT2D eigenvalue weighted by Gasteiger charge is 2.17. The van der Waals surface area contributed by atoms with Crippen LogP contribution < -0.4 is 14.2 Å². The lowest BCUT2D eigenvalue weighted by Gasteiger charge is -2.13. The van der Waals surface area contributed by atoms with Gasteiger partial charge in [-0.1, -0.05) is 6.07 Å². The molecule has 2 heterocycles. The van der Waals surface area contributed by atoms with Gasteiger partial charge in [-0.15, -0.1) is 11.3 Å². The molecule has 130 valence electrons. The number of ether oxygens (including phenoxy) is 3. The van der Waals surface area contributed by atoms with Crippen LogP contribution in [0.15, 0.2) is 34.7 Å². The van der Waals surface area contributed by atoms with E-state index in [9.17, 15) is 0 Å². The van der Waals surface area contributed by atoms with Crippen molar-refractivity contribution in [2.45, 2.75) is 0 Å². The molecule has 0 spiro atoms. The van der Waals surface area contributed by atoms with E-state index in [1.807, 2.05) is 17.5 Å². The van der Waals surface area contributed by atoms with Crippen LogP contribution in [-0.2, 0) is 0 Å². The molecule has 1 N–H and O–H groups in total. The highest BCUT2D eigenvalue weighted by atomic mass is 32.1. The Morgan fingerprint density at radius 1 is 1.20 bits per heavy atom. The van der Waals surface area contributed by atoms with Crippen LogP contribution in [0.25, 0.3) is 11.4 Å². The summed E-state index contributed by atoms with van der Waals surface area (Å²) in [5.41, 5.74) is 0.727. The molecule has 0 aliphatic rings. The molecule has 0 atom stereocenters. The van der Waals surface area contributed by atoms with E-state index >= 15 is 0 Å². The molecular formula is C16H16N4O3S2. The Hall–Kier alpha value is -2.65. The van der Waals surface area contributed by atoms with Crippen LogP contribution in [0.1, 0.15) is 4.88 Å². The van der Waals surface area contributed by atoms with Crippen LogP contribution in [-0.4, -0.2) is 42.4 Å². The summed E-state index contributed by atoms with van der Waals surface area (Å²) in [6.07, 6.45) is 1.73. The molecule has 0 saturated heterocycles. The fourth-order valence-electron chi connectivity index (χ4n) is 2.28. The van der Waals surface area contributed by atoms with Crippen LogP contribution in [0.2, 0.25) is 0 Å². The zero-order valence-corrected chi connectivity index (χ0v) is 15.5. The first-order valence-electron chi connectivity index (χ1n) is 7.23. The Labute approximate surface area is 153 Å². The molecule has 25 heavy (non-hydrogen) atoms. The number of methoxy groups -OCH3 is 3. The lowest BCUT2D eigenvalue weighted by atomic mass is 10.1. The highest BCUT2D eigenvalue weighted by Crippen LogP contribution is 2.40. The summed E-state index contributed by atoms with van der Waals surface area (Å²) in [5, 5.41) is 13.4. The molecule has 3 aromatic rings. The minimum Gasteiger partial charge on any atom is -0.493 e. The van der Waals surface area contributed by atoms with Crippen molar-refractivity contribution in [3.8, 4) is 28.6 Å². The first-order valence-corrected chi connectivity index (χ1v) is 8.52. The normalized spacial score (nSPS) is 11.0. The van der Waals surface area contributed by atoms with Gasteiger partial charge in [0, 0.05) is 10.4 Å². The fraction of sp³-hybridized carbons (Fsp3) is 0.188. The van der Waals surface area contributed by atoms with Gasteiger partial charge in [0.15, 0.2) is 17.3 Å². The van der Waals surface area contributed by atoms with Gasteiger partial charge in [-0.05, 0) is 35.8 Å². The molecule has 0 aliphatic carbocycles. The molecule has 3 rings (SSSR count). The summed E-state index contributed by atoms with van der Waals surface area (Å²) >= 11 is 6.87. The van der Waals surface area contributed by atoms with Crippen LogP contribution in [0.5, 0.6) is 17.2 Å². The third-order valence-corrected chi connectivity index (χ3v) is 4.49. The van der Waals surface area contributed by atoms with E-state index in [0.29, 0.717) is 27.8 Å². The standard InChI is InChI=1S/C16H16N4O3S2/c1-21-12-7-10(8-13(22-2)14(12)23-3)15-18-19-16(24)20(15)17-9-11-5-4-6-25-11/h4-9H,1-3H3,(H,19,24)/b17-9+. The number of nitrogens with one attached hydrogen (secondary N) is 1. The van der Waals surface area contributed by atoms with E-state index in [0.717, 1.165) is 10.4 Å². The van der Waals surface area contributed by atoms with Gasteiger partial charge in [0.1, 0.15) is 0 Å². The Bertz CT molecular complexity index is 920. The number of benzene rings is 1. The van der Waals surface area contributed by atoms with Crippen molar-refractivity contribution >= 4 is 29.8 Å². The lowest BCUT2D eigenvalue weighted by molar-refractivity contribution is 0.324. The fourth-order valence-corrected chi connectivity index (χ4v) is 3.03. The summed E-state index contributed by atoms with van der Waals surface area (Å²) in [6.45, 7) is 0. The molecule has 1 aromatic carbocycles. The monoisotopic (exact) mass is 376 g/mol. The lowest BCUT2D eigenvalue weighted by Crippen LogP contribution is -1.98. The summed E-state index contributed by atoms with van der Waals surface area (Å²) in [6, 6.07) is 7.52. The Morgan fingerprint density at radius 3 is 2.48 bits per heavy atom. The topological polar surface area (TPSA) is 73.7 Å². The minimum atomic E-state index is 0.386. The van der Waals surface area contributed by atoms with E-state index in [1.54, 1.807) is 55.7 Å². The van der Waals surface area contributed by atoms with Gasteiger partial charge < -0.3 is 14.2 Å². The molecule has 0 bridgehead atoms. The number of aromatic nitrogens is 3. The SMILES string of the molecule is COc1cc(-c2n[nH]c(=S)n2/N=C/c2cccs2)cc(OC)c1OC. The molecule has 0 saturated carbocycles. The molecule has 0 aliphatic heterocycles. The summed E-state index contributed by atoms with van der Waals surface area (Å²) in [4.78, 5) is 1.01. The van der Waals surface area contributed by atoms with Crippen LogP contribution in [0.3, 0.4) is 0 Å². The van der Waals surface area contributed by atoms with Crippen LogP contribution >= 0.6 is 23.6 Å². The molecule has 0 unspecified atom stereocenters. The maximum Gasteiger partial charge on any atom is 0.216 e. The van der Waals surface area contributed by atoms with Crippen molar-refractivity contribution in [2.24, 2.45) is 5.10 Å². The Kier molecular flexibility index (Phi) is 5.15. The summed E-state index contributed by atoms with van der Waals surface area (Å²) < 4.78 is 18.1. The Balaban J connectivity index is 2.10. The molecule has 0 amide bonds. The number of hydrogen-bond donors (Lipinski definition) is 1. The number of aromatic amines is 1. The van der Waals surface area contributed by atoms with E-state index in [1.165, 1.54) is 0 Å². The van der Waals surface area contributed by atoms with Crippen molar-refractivity contribution < 1.29 is 14.2 Å². The van der Waals surface area contributed by atoms with Gasteiger partial charge in [-0.25, -0.2) is 5.10 Å². The predicted molar refractivity (Wildman–Crippen MR) is 99.8 cm³/mol. The van der Waals surface area contributed by atoms with Crippen molar-refractivity contribution in [1.82, 2.24) is 14.9 Å². The molecule has 7 nitrogen and oxygen atoms in total. The average molecular weight is 376 g/mol. The number of H-pyrrole nitrogens is 1. The van der Waals surface area contributed by atoms with Crippen molar-refractivity contribution in [1.29, 1.82) is 0 Å². The smallest absolute Gasteiger partial charge is 0.216 e. The van der Waals surface area contributed by atoms with E-state index in [-0.39, 0.29) is 0 Å². The van der Waals surface area contributed by atoms with Gasteiger partial charge in [0.25, 0.3) is 0 Å². The second-order valence-electron chi connectivity index (χ2n) is 4.84. The van der Waals surface area contributed by atoms with E-state index in [4.69, 9.17) is 26.4 Å². The van der Waals surface area contributed by atoms with Gasteiger partial charge in [0.2, 0.25) is 10.5 Å². The van der Waals surface area contributed by atoms with Crippen LogP contribution in [0, 0.1) is 4.77 Å². The second kappa shape index (κ2) is 7.49. The molecule has 0 radical (unpaired) electrons. The first kappa shape index (κ1) is 17.2. The number of thiophene rings is 1. The number of rotatable bonds is 6. The largest absolute Gasteiger partial charge is 0.493 e. The maximum atomic E-state index is 5.39. The zero-order chi connectivity index (χ0) is 17.8. The summed E-state index contributed by atoms with van der Waals surface area (Å²) in [7, 11) is 4.68. The van der Waals surface area contributed by atoms with Gasteiger partial charge >= 0.3 is 0 Å². The second-order valence-corrected chi connectivity index (χ2v) is 6.20. The minimum absolute atomic E-state index is 0.386. The van der Waals surface area contributed by atoms with Gasteiger partial charge in [-0.3, -0.25) is 0 Å². The molecule has 9 heteroatoms. The predicted octanol–water partition coefficient (Wildman–Crippen LogP) is 3.58. The van der Waals surface area contributed by atoms with Crippen LogP contribution in [0.4, 0.5) is 0 Å². The molecule has 0 fully saturated rings. The summed E-state index contributed by atoms with van der Waals surface area (Å²) in [5.74, 6) is 2.10. The van der Waals surface area contributed by atoms with Crippen molar-refractivity contribution in [2.75, 3.05) is 21.3 Å². The highest BCUT2D eigenvalue weighted by molar-refractivity contribution is 7.71. The number of nitrogens with zero attached hydrogens (tertiary/aromatic N) is 3. The zero-order valence-electron chi connectivity index (χ0n) is 13.8. The molecule has 2 aromatic heterocycles. The van der Waals surface area contributed by atoms with E-state index < -0.39 is 0 Å². The van der Waals surface area contributed by atoms with Crippen molar-refractivity contribution in [3.05, 3.63) is 39.3 Å². The van der Waals surface area contributed by atoms with Gasteiger partial charge in [-0.2, -0.15) is 14.9 Å². The number of hydrogen-bond acceptors (Lipinski definition) is 7. The molecular weight excluding hydrogens is 360 g/mol. The van der Waals surface area contributed by atoms with E-state index in [2.05, 4.69) is 15.3 Å². The quantitative estimate of drug-likeness (QED) is 0.526. The van der Waals surface area contributed by atoms with Crippen molar-refractivity contribution in [3.63, 3.8) is 0 Å². The average Bonchev–Trinajstić information content (AvgIpc) is 3.28.